The molecule has 8 nitrogen and oxygen atoms in total. The molecule has 0 saturated carbocycles. The van der Waals surface area contributed by atoms with Gasteiger partial charge in [-0.1, -0.05) is 18.5 Å². The maximum Gasteiger partial charge on any atom is 0.159 e. The summed E-state index contributed by atoms with van der Waals surface area (Å²) in [5.74, 6) is 2.79. The summed E-state index contributed by atoms with van der Waals surface area (Å²) in [7, 11) is 0. The Morgan fingerprint density at radius 1 is 1.14 bits per heavy atom. The largest absolute Gasteiger partial charge is 0.392 e. The van der Waals surface area contributed by atoms with Crippen LogP contribution in [0.2, 0.25) is 5.02 Å². The van der Waals surface area contributed by atoms with E-state index < -0.39 is 0 Å². The maximum absolute atomic E-state index is 9.72. The normalized spacial score (nSPS) is 21.1. The number of ether oxygens (including phenoxy) is 1. The molecular formula is C26H35ClN6O2. The van der Waals surface area contributed by atoms with Crippen molar-refractivity contribution < 1.29 is 9.84 Å². The van der Waals surface area contributed by atoms with Crippen LogP contribution in [0, 0.1) is 6.92 Å². The Morgan fingerprint density at radius 2 is 1.91 bits per heavy atom. The van der Waals surface area contributed by atoms with Crippen molar-refractivity contribution in [3.8, 4) is 5.82 Å². The van der Waals surface area contributed by atoms with E-state index in [4.69, 9.17) is 26.3 Å². The number of fused-ring (bicyclic) bond motifs is 1. The highest BCUT2D eigenvalue weighted by Gasteiger charge is 2.25. The molecule has 2 unspecified atom stereocenters. The van der Waals surface area contributed by atoms with E-state index in [1.807, 2.05) is 36.9 Å². The summed E-state index contributed by atoms with van der Waals surface area (Å²) in [6, 6.07) is 6.25. The number of aliphatic hydroxyl groups is 1. The van der Waals surface area contributed by atoms with Gasteiger partial charge in [-0.15, -0.1) is 0 Å². The number of halogens is 1. The van der Waals surface area contributed by atoms with Crippen LogP contribution in [0.15, 0.2) is 24.4 Å². The Morgan fingerprint density at radius 3 is 2.66 bits per heavy atom. The number of nitrogens with zero attached hydrogens (tertiary/aromatic N) is 6. The number of β-amino-alcohol motifs (C(OH)–C–C–N with tert-alkyl or cyclic N) is 1. The van der Waals surface area contributed by atoms with Crippen LogP contribution in [0.25, 0.3) is 16.7 Å². The highest BCUT2D eigenvalue weighted by atomic mass is 35.5. The van der Waals surface area contributed by atoms with E-state index in [-0.39, 0.29) is 12.2 Å². The van der Waals surface area contributed by atoms with E-state index in [9.17, 15) is 5.11 Å². The number of aromatic nitrogens is 4. The maximum atomic E-state index is 9.72. The van der Waals surface area contributed by atoms with Gasteiger partial charge in [0.1, 0.15) is 11.6 Å². The second-order valence-corrected chi connectivity index (χ2v) is 10.3. The van der Waals surface area contributed by atoms with Gasteiger partial charge >= 0.3 is 0 Å². The first-order valence-corrected chi connectivity index (χ1v) is 13.1. The van der Waals surface area contributed by atoms with E-state index in [0.29, 0.717) is 12.5 Å². The lowest BCUT2D eigenvalue weighted by Crippen LogP contribution is -2.42. The molecule has 0 amide bonds. The number of morpholine rings is 1. The Hall–Kier alpha value is -2.26. The minimum atomic E-state index is -0.299. The molecular weight excluding hydrogens is 464 g/mol. The minimum Gasteiger partial charge on any atom is -0.392 e. The number of benzene rings is 1. The molecule has 0 spiro atoms. The van der Waals surface area contributed by atoms with Crippen LogP contribution in [0.3, 0.4) is 0 Å². The second-order valence-electron chi connectivity index (χ2n) is 9.89. The summed E-state index contributed by atoms with van der Waals surface area (Å²) in [6.45, 7) is 11.0. The highest BCUT2D eigenvalue weighted by molar-refractivity contribution is 6.32. The quantitative estimate of drug-likeness (QED) is 0.551. The monoisotopic (exact) mass is 498 g/mol. The highest BCUT2D eigenvalue weighted by Crippen LogP contribution is 2.36. The number of anilines is 1. The van der Waals surface area contributed by atoms with Gasteiger partial charge < -0.3 is 19.6 Å². The Balaban J connectivity index is 1.44. The predicted octanol–water partition coefficient (Wildman–Crippen LogP) is 3.95. The number of aliphatic hydroxyl groups excluding tert-OH is 1. The fourth-order valence-electron chi connectivity index (χ4n) is 5.34. The zero-order valence-electron chi connectivity index (χ0n) is 20.8. The summed E-state index contributed by atoms with van der Waals surface area (Å²) in [5.41, 5.74) is 2.18. The van der Waals surface area contributed by atoms with Gasteiger partial charge in [-0.2, -0.15) is 5.10 Å². The number of piperidine rings is 1. The zero-order valence-corrected chi connectivity index (χ0v) is 21.6. The molecule has 9 heteroatoms. The first-order chi connectivity index (χ1) is 16.9. The average molecular weight is 499 g/mol. The predicted molar refractivity (Wildman–Crippen MR) is 139 cm³/mol. The summed E-state index contributed by atoms with van der Waals surface area (Å²) in [5, 5.41) is 16.2. The van der Waals surface area contributed by atoms with Crippen molar-refractivity contribution in [2.24, 2.45) is 0 Å². The molecule has 0 bridgehead atoms. The van der Waals surface area contributed by atoms with Gasteiger partial charge in [0.15, 0.2) is 5.82 Å². The molecule has 2 fully saturated rings. The van der Waals surface area contributed by atoms with Crippen LogP contribution in [0.4, 0.5) is 5.82 Å². The van der Waals surface area contributed by atoms with E-state index in [2.05, 4.69) is 27.9 Å². The summed E-state index contributed by atoms with van der Waals surface area (Å²) in [4.78, 5) is 14.1. The third kappa shape index (κ3) is 5.31. The van der Waals surface area contributed by atoms with Gasteiger partial charge in [-0.25, -0.2) is 14.6 Å². The molecule has 2 aromatic heterocycles. The summed E-state index contributed by atoms with van der Waals surface area (Å²) >= 11 is 6.76. The van der Waals surface area contributed by atoms with Gasteiger partial charge in [-0.05, 0) is 69.8 Å². The molecule has 0 radical (unpaired) electrons. The van der Waals surface area contributed by atoms with Crippen molar-refractivity contribution in [3.05, 3.63) is 40.8 Å². The van der Waals surface area contributed by atoms with Crippen LogP contribution in [-0.4, -0.2) is 81.3 Å². The molecule has 35 heavy (non-hydrogen) atoms. The van der Waals surface area contributed by atoms with Crippen molar-refractivity contribution in [1.82, 2.24) is 24.6 Å². The summed E-state index contributed by atoms with van der Waals surface area (Å²) < 4.78 is 7.76. The van der Waals surface area contributed by atoms with Crippen LogP contribution in [-0.2, 0) is 4.74 Å². The smallest absolute Gasteiger partial charge is 0.159 e. The first kappa shape index (κ1) is 24.4. The van der Waals surface area contributed by atoms with Gasteiger partial charge in [-0.3, -0.25) is 0 Å². The van der Waals surface area contributed by atoms with Crippen molar-refractivity contribution in [3.63, 3.8) is 0 Å². The van der Waals surface area contributed by atoms with Crippen LogP contribution in [0.1, 0.15) is 50.4 Å². The molecule has 1 aromatic carbocycles. The zero-order chi connectivity index (χ0) is 24.5. The Kier molecular flexibility index (Phi) is 7.25. The number of likely N-dealkylation sites (tertiary alicyclic amines) is 1. The Labute approximate surface area is 211 Å². The number of rotatable bonds is 6. The Bertz CT molecular complexity index is 1170. The van der Waals surface area contributed by atoms with Crippen LogP contribution in [0.5, 0.6) is 0 Å². The number of hydrogen-bond donors (Lipinski definition) is 1. The first-order valence-electron chi connectivity index (χ1n) is 12.7. The molecule has 4 heterocycles. The molecule has 2 aliphatic heterocycles. The molecule has 1 N–H and O–H groups in total. The molecule has 0 aliphatic carbocycles. The van der Waals surface area contributed by atoms with Crippen LogP contribution < -0.4 is 4.90 Å². The molecule has 2 aliphatic rings. The number of aryl methyl sites for hydroxylation is 1. The van der Waals surface area contributed by atoms with Crippen molar-refractivity contribution in [2.75, 3.05) is 44.2 Å². The van der Waals surface area contributed by atoms with E-state index in [1.54, 1.807) is 0 Å². The average Bonchev–Trinajstić information content (AvgIpc) is 3.26. The standard InChI is InChI=1S/C26H35ClN6O2/c1-4-21-16-32(9-10-35-21)25-13-26(30-18(3)29-25)33-24-12-22(23(27)11-20(24)14-28-33)19-5-7-31(8-6-19)15-17(2)34/h11-14,17,19,21,34H,4-10,15-16H2,1-3H3. The van der Waals surface area contributed by atoms with E-state index in [0.717, 1.165) is 85.4 Å². The van der Waals surface area contributed by atoms with Crippen molar-refractivity contribution in [1.29, 1.82) is 0 Å². The van der Waals surface area contributed by atoms with Crippen LogP contribution >= 0.6 is 11.6 Å². The molecule has 2 atom stereocenters. The third-order valence-electron chi connectivity index (χ3n) is 7.18. The number of hydrogen-bond acceptors (Lipinski definition) is 7. The van der Waals surface area contributed by atoms with Gasteiger partial charge in [0.05, 0.1) is 30.5 Å². The SMILES string of the molecule is CCC1CN(c2cc(-n3ncc4cc(Cl)c(C5CCN(CC(C)O)CC5)cc43)nc(C)n2)CCO1. The van der Waals surface area contributed by atoms with E-state index in [1.165, 1.54) is 5.56 Å². The molecule has 5 rings (SSSR count). The van der Waals surface area contributed by atoms with Crippen molar-refractivity contribution in [2.45, 2.75) is 58.2 Å². The molecule has 3 aromatic rings. The lowest BCUT2D eigenvalue weighted by atomic mass is 9.89. The van der Waals surface area contributed by atoms with Gasteiger partial charge in [0, 0.05) is 36.1 Å². The second kappa shape index (κ2) is 10.4. The third-order valence-corrected chi connectivity index (χ3v) is 7.51. The lowest BCUT2D eigenvalue weighted by Gasteiger charge is -2.33. The fraction of sp³-hybridized carbons (Fsp3) is 0.577. The van der Waals surface area contributed by atoms with Gasteiger partial charge in [0.25, 0.3) is 0 Å². The van der Waals surface area contributed by atoms with Crippen molar-refractivity contribution >= 4 is 28.3 Å². The molecule has 2 saturated heterocycles. The fourth-order valence-corrected chi connectivity index (χ4v) is 5.67. The minimum absolute atomic E-state index is 0.227. The molecule has 188 valence electrons. The van der Waals surface area contributed by atoms with E-state index >= 15 is 0 Å². The summed E-state index contributed by atoms with van der Waals surface area (Å²) in [6.07, 6.45) is 4.82. The topological polar surface area (TPSA) is 79.5 Å². The lowest BCUT2D eigenvalue weighted by molar-refractivity contribution is 0.0381. The van der Waals surface area contributed by atoms with Gasteiger partial charge in [0.2, 0.25) is 0 Å².